The summed E-state index contributed by atoms with van der Waals surface area (Å²) in [6.07, 6.45) is 10.6. The van der Waals surface area contributed by atoms with Gasteiger partial charge in [0.25, 0.3) is 0 Å². The van der Waals surface area contributed by atoms with Crippen molar-refractivity contribution in [1.29, 1.82) is 0 Å². The Labute approximate surface area is 250 Å². The van der Waals surface area contributed by atoms with E-state index in [0.717, 1.165) is 36.6 Å². The second-order valence-corrected chi connectivity index (χ2v) is 12.7. The Morgan fingerprint density at radius 2 is 1.89 bits per heavy atom. The number of halogens is 1. The van der Waals surface area contributed by atoms with Crippen molar-refractivity contribution in [2.45, 2.75) is 25.8 Å². The minimum Gasteiger partial charge on any atom is -0.337 e. The molecular weight excluding hydrogens is 585 g/mol. The van der Waals surface area contributed by atoms with Crippen molar-refractivity contribution in [3.05, 3.63) is 72.6 Å². The van der Waals surface area contributed by atoms with E-state index in [1.165, 1.54) is 12.1 Å². The first kappa shape index (κ1) is 27.7. The van der Waals surface area contributed by atoms with Crippen LogP contribution in [0, 0.1) is 11.7 Å². The maximum Gasteiger partial charge on any atom is 0.227 e. The van der Waals surface area contributed by atoms with Crippen molar-refractivity contribution in [2.24, 2.45) is 5.92 Å². The molecule has 5 heterocycles. The van der Waals surface area contributed by atoms with E-state index in [1.54, 1.807) is 36.9 Å². The zero-order valence-electron chi connectivity index (χ0n) is 23.4. The van der Waals surface area contributed by atoms with Crippen molar-refractivity contribution in [3.8, 4) is 33.9 Å². The van der Waals surface area contributed by atoms with Crippen LogP contribution in [0.4, 0.5) is 10.1 Å². The number of carbonyl (C=O) groups is 1. The van der Waals surface area contributed by atoms with Crippen LogP contribution in [0.1, 0.15) is 24.8 Å². The third-order valence-electron chi connectivity index (χ3n) is 7.63. The number of hydrogen-bond donors (Lipinski definition) is 4. The molecule has 0 radical (unpaired) electrons. The minimum atomic E-state index is -3.46. The molecule has 1 saturated carbocycles. The molecule has 0 spiro atoms. The van der Waals surface area contributed by atoms with Gasteiger partial charge in [-0.05, 0) is 54.8 Å². The summed E-state index contributed by atoms with van der Waals surface area (Å²) in [5, 5.41) is 11.0. The van der Waals surface area contributed by atoms with Gasteiger partial charge in [0, 0.05) is 47.7 Å². The monoisotopic (exact) mass is 611 g/mol. The number of sulfonamides is 1. The number of rotatable bonds is 8. The summed E-state index contributed by atoms with van der Waals surface area (Å²) < 4.78 is 40.1. The number of imidazole rings is 1. The van der Waals surface area contributed by atoms with Gasteiger partial charge in [-0.25, -0.2) is 27.5 Å². The van der Waals surface area contributed by atoms with Crippen molar-refractivity contribution < 1.29 is 17.6 Å². The lowest BCUT2D eigenvalue weighted by atomic mass is 9.85. The second kappa shape index (κ2) is 10.9. The number of carbonyl (C=O) groups excluding carboxylic acids is 1. The van der Waals surface area contributed by atoms with Gasteiger partial charge in [-0.15, -0.1) is 0 Å². The summed E-state index contributed by atoms with van der Waals surface area (Å²) in [6, 6.07) is 9.83. The number of amides is 1. The molecule has 0 aliphatic heterocycles. The van der Waals surface area contributed by atoms with Gasteiger partial charge < -0.3 is 10.3 Å². The molecule has 1 aliphatic rings. The first-order valence-corrected chi connectivity index (χ1v) is 15.8. The molecule has 1 fully saturated rings. The Bertz CT molecular complexity index is 2170. The fourth-order valence-corrected chi connectivity index (χ4v) is 5.62. The number of H-pyrrole nitrogens is 2. The zero-order chi connectivity index (χ0) is 30.4. The first-order chi connectivity index (χ1) is 21.2. The van der Waals surface area contributed by atoms with Crippen molar-refractivity contribution in [3.63, 3.8) is 0 Å². The summed E-state index contributed by atoms with van der Waals surface area (Å²) >= 11 is 0. The Morgan fingerprint density at radius 1 is 1.05 bits per heavy atom. The van der Waals surface area contributed by atoms with Crippen LogP contribution in [-0.2, 0) is 21.4 Å². The topological polar surface area (TPSA) is 171 Å². The highest BCUT2D eigenvalue weighted by atomic mass is 32.2. The number of nitrogens with zero attached hydrogens (tertiary/aromatic N) is 5. The third kappa shape index (κ3) is 5.52. The molecule has 0 bridgehead atoms. The molecule has 12 nitrogen and oxygen atoms in total. The Balaban J connectivity index is 1.23. The van der Waals surface area contributed by atoms with Crippen molar-refractivity contribution in [1.82, 2.24) is 39.8 Å². The predicted molar refractivity (Wildman–Crippen MR) is 163 cm³/mol. The Kier molecular flexibility index (Phi) is 6.86. The summed E-state index contributed by atoms with van der Waals surface area (Å²) in [5.74, 6) is 0.0246. The summed E-state index contributed by atoms with van der Waals surface area (Å²) in [4.78, 5) is 33.8. The maximum absolute atomic E-state index is 14.6. The van der Waals surface area contributed by atoms with Crippen LogP contribution in [0.5, 0.6) is 0 Å². The average molecular weight is 612 g/mol. The summed E-state index contributed by atoms with van der Waals surface area (Å²) in [6.45, 7) is -0.0633. The van der Waals surface area contributed by atoms with Crippen LogP contribution >= 0.6 is 0 Å². The second-order valence-electron chi connectivity index (χ2n) is 10.9. The molecule has 1 aromatic carbocycles. The molecule has 222 valence electrons. The van der Waals surface area contributed by atoms with Crippen LogP contribution < -0.4 is 10.0 Å². The summed E-state index contributed by atoms with van der Waals surface area (Å²) in [7, 11) is -3.46. The van der Waals surface area contributed by atoms with Gasteiger partial charge >= 0.3 is 0 Å². The average Bonchev–Trinajstić information content (AvgIpc) is 3.58. The number of benzene rings is 1. The largest absolute Gasteiger partial charge is 0.337 e. The lowest BCUT2D eigenvalue weighted by Crippen LogP contribution is -2.28. The van der Waals surface area contributed by atoms with Crippen LogP contribution in [-0.4, -0.2) is 55.7 Å². The van der Waals surface area contributed by atoms with Gasteiger partial charge in [0.2, 0.25) is 15.9 Å². The first-order valence-electron chi connectivity index (χ1n) is 13.9. The molecular formula is C30H26FN9O3S. The highest BCUT2D eigenvalue weighted by Crippen LogP contribution is 2.33. The quantitative estimate of drug-likeness (QED) is 0.194. The van der Waals surface area contributed by atoms with E-state index in [9.17, 15) is 17.6 Å². The number of aromatic amines is 2. The van der Waals surface area contributed by atoms with Gasteiger partial charge in [-0.2, -0.15) is 5.10 Å². The van der Waals surface area contributed by atoms with E-state index >= 15 is 0 Å². The highest BCUT2D eigenvalue weighted by molar-refractivity contribution is 7.88. The standard InChI is InChI=1S/C30H26FN9O3S/c1-44(42,43)35-12-16-7-18(9-21(31)8-16)25-27-24(5-6-33-25)37-29(38-27)26-23-11-20(14-34-28(23)40-39-26)19-10-22(15-32-13-19)36-30(41)17-3-2-4-17/h5-11,13-15,17,35H,2-4,12H2,1H3,(H,36,41)(H,37,38)(H,34,39,40). The fraction of sp³-hybridized carbons (Fsp3) is 0.200. The molecule has 6 aromatic rings. The molecule has 0 saturated heterocycles. The molecule has 7 rings (SSSR count). The Morgan fingerprint density at radius 3 is 2.68 bits per heavy atom. The number of aromatic nitrogens is 7. The van der Waals surface area contributed by atoms with E-state index in [1.807, 2.05) is 12.1 Å². The van der Waals surface area contributed by atoms with Crippen LogP contribution in [0.3, 0.4) is 0 Å². The van der Waals surface area contributed by atoms with Crippen molar-refractivity contribution >= 4 is 43.7 Å². The number of pyridine rings is 3. The van der Waals surface area contributed by atoms with E-state index in [0.29, 0.717) is 56.1 Å². The molecule has 5 aromatic heterocycles. The van der Waals surface area contributed by atoms with Gasteiger partial charge in [0.1, 0.15) is 17.0 Å². The van der Waals surface area contributed by atoms with E-state index in [2.05, 4.69) is 40.2 Å². The molecule has 44 heavy (non-hydrogen) atoms. The van der Waals surface area contributed by atoms with Gasteiger partial charge in [0.15, 0.2) is 11.5 Å². The summed E-state index contributed by atoms with van der Waals surface area (Å²) in [5.41, 5.74) is 5.75. The number of anilines is 1. The van der Waals surface area contributed by atoms with Crippen molar-refractivity contribution in [2.75, 3.05) is 11.6 Å². The van der Waals surface area contributed by atoms with Crippen LogP contribution in [0.2, 0.25) is 0 Å². The minimum absolute atomic E-state index is 0.0136. The van der Waals surface area contributed by atoms with Gasteiger partial charge in [-0.3, -0.25) is 19.9 Å². The molecule has 1 aliphatic carbocycles. The maximum atomic E-state index is 14.6. The van der Waals surface area contributed by atoms with Crippen LogP contribution in [0.15, 0.2) is 61.2 Å². The van der Waals surface area contributed by atoms with E-state index in [4.69, 9.17) is 4.98 Å². The smallest absolute Gasteiger partial charge is 0.227 e. The number of hydrogen-bond acceptors (Lipinski definition) is 8. The normalized spacial score (nSPS) is 13.8. The van der Waals surface area contributed by atoms with E-state index in [-0.39, 0.29) is 18.4 Å². The lowest BCUT2D eigenvalue weighted by Gasteiger charge is -2.24. The van der Waals surface area contributed by atoms with Gasteiger partial charge in [-0.1, -0.05) is 6.42 Å². The Hall–Kier alpha value is -5.08. The van der Waals surface area contributed by atoms with E-state index < -0.39 is 15.8 Å². The lowest BCUT2D eigenvalue weighted by molar-refractivity contribution is -0.122. The zero-order valence-corrected chi connectivity index (χ0v) is 24.2. The molecule has 0 atom stereocenters. The predicted octanol–water partition coefficient (Wildman–Crippen LogP) is 4.55. The van der Waals surface area contributed by atoms with Gasteiger partial charge in [0.05, 0.1) is 34.7 Å². The fourth-order valence-electron chi connectivity index (χ4n) is 5.19. The van der Waals surface area contributed by atoms with Crippen LogP contribution in [0.25, 0.3) is 56.0 Å². The molecule has 0 unspecified atom stereocenters. The molecule has 1 amide bonds. The number of fused-ring (bicyclic) bond motifs is 2. The third-order valence-corrected chi connectivity index (χ3v) is 8.30. The SMILES string of the molecule is CS(=O)(=O)NCc1cc(F)cc(-c2nccc3[nH]c(-c4[nH]nc5ncc(-c6cncc(NC(=O)C7CCC7)c6)cc45)nc23)c1. The number of nitrogens with one attached hydrogen (secondary N) is 4. The molecule has 14 heteroatoms. The highest BCUT2D eigenvalue weighted by Gasteiger charge is 2.25. The molecule has 4 N–H and O–H groups in total.